The molecule has 2 nitrogen and oxygen atoms in total. The molecule has 1 amide bonds. The van der Waals surface area contributed by atoms with E-state index in [0.717, 1.165) is 25.3 Å². The second kappa shape index (κ2) is 7.28. The monoisotopic (exact) mass is 257 g/mol. The van der Waals surface area contributed by atoms with Gasteiger partial charge >= 0.3 is 0 Å². The largest absolute Gasteiger partial charge is 0.352 e. The van der Waals surface area contributed by atoms with Crippen LogP contribution in [-0.4, -0.2) is 12.5 Å². The normalized spacial score (nSPS) is 10.3. The number of rotatable bonds is 6. The van der Waals surface area contributed by atoms with Crippen molar-refractivity contribution in [2.24, 2.45) is 0 Å². The van der Waals surface area contributed by atoms with Gasteiger partial charge in [-0.1, -0.05) is 37.8 Å². The smallest absolute Gasteiger partial charge is 0.252 e. The van der Waals surface area contributed by atoms with Gasteiger partial charge in [-0.25, -0.2) is 4.39 Å². The Morgan fingerprint density at radius 1 is 1.35 bits per heavy atom. The summed E-state index contributed by atoms with van der Waals surface area (Å²) in [6.45, 7) is 2.77. The summed E-state index contributed by atoms with van der Waals surface area (Å²) < 4.78 is 12.8. The lowest BCUT2D eigenvalue weighted by Crippen LogP contribution is -2.24. The van der Waals surface area contributed by atoms with E-state index in [4.69, 9.17) is 11.6 Å². The average molecular weight is 258 g/mol. The lowest BCUT2D eigenvalue weighted by molar-refractivity contribution is 0.0953. The van der Waals surface area contributed by atoms with Gasteiger partial charge < -0.3 is 5.32 Å². The van der Waals surface area contributed by atoms with Crippen molar-refractivity contribution in [2.75, 3.05) is 6.54 Å². The Morgan fingerprint density at radius 3 is 2.76 bits per heavy atom. The van der Waals surface area contributed by atoms with Gasteiger partial charge in [-0.05, 0) is 24.6 Å². The van der Waals surface area contributed by atoms with Crippen LogP contribution in [0.15, 0.2) is 18.2 Å². The van der Waals surface area contributed by atoms with Gasteiger partial charge in [0.25, 0.3) is 5.91 Å². The summed E-state index contributed by atoms with van der Waals surface area (Å²) in [6.07, 6.45) is 4.40. The van der Waals surface area contributed by atoms with Gasteiger partial charge in [-0.15, -0.1) is 0 Å². The Hall–Kier alpha value is -1.09. The number of hydrogen-bond donors (Lipinski definition) is 1. The molecule has 1 aromatic carbocycles. The molecule has 0 aliphatic heterocycles. The maximum Gasteiger partial charge on any atom is 0.252 e. The quantitative estimate of drug-likeness (QED) is 0.772. The molecule has 17 heavy (non-hydrogen) atoms. The van der Waals surface area contributed by atoms with Crippen molar-refractivity contribution in [3.63, 3.8) is 0 Å². The fraction of sp³-hybridized carbons (Fsp3) is 0.462. The van der Waals surface area contributed by atoms with E-state index in [1.165, 1.54) is 18.6 Å². The molecule has 0 saturated carbocycles. The molecular weight excluding hydrogens is 241 g/mol. The van der Waals surface area contributed by atoms with Crippen molar-refractivity contribution in [1.82, 2.24) is 5.32 Å². The SMILES string of the molecule is CCCCCCNC(=O)c1ccc(F)cc1Cl. The first kappa shape index (κ1) is 14.0. The molecule has 0 heterocycles. The molecule has 1 N–H and O–H groups in total. The number of amides is 1. The summed E-state index contributed by atoms with van der Waals surface area (Å²) >= 11 is 5.79. The van der Waals surface area contributed by atoms with Gasteiger partial charge in [0.1, 0.15) is 5.82 Å². The number of carbonyl (C=O) groups is 1. The number of benzene rings is 1. The Morgan fingerprint density at radius 2 is 2.12 bits per heavy atom. The molecule has 0 unspecified atom stereocenters. The molecule has 0 spiro atoms. The minimum absolute atomic E-state index is 0.149. The lowest BCUT2D eigenvalue weighted by atomic mass is 10.2. The van der Waals surface area contributed by atoms with Gasteiger partial charge in [-0.2, -0.15) is 0 Å². The lowest BCUT2D eigenvalue weighted by Gasteiger charge is -2.06. The van der Waals surface area contributed by atoms with Crippen LogP contribution in [0.1, 0.15) is 43.0 Å². The molecule has 1 rings (SSSR count). The molecule has 94 valence electrons. The fourth-order valence-electron chi connectivity index (χ4n) is 1.52. The Bertz CT molecular complexity index is 382. The van der Waals surface area contributed by atoms with Crippen molar-refractivity contribution in [3.8, 4) is 0 Å². The molecule has 0 bridgehead atoms. The third-order valence-electron chi connectivity index (χ3n) is 2.49. The van der Waals surface area contributed by atoms with Crippen LogP contribution in [0.25, 0.3) is 0 Å². The van der Waals surface area contributed by atoms with E-state index in [-0.39, 0.29) is 10.9 Å². The van der Waals surface area contributed by atoms with Crippen molar-refractivity contribution < 1.29 is 9.18 Å². The van der Waals surface area contributed by atoms with Gasteiger partial charge in [-0.3, -0.25) is 4.79 Å². The number of unbranched alkanes of at least 4 members (excludes halogenated alkanes) is 3. The highest BCUT2D eigenvalue weighted by Crippen LogP contribution is 2.16. The third-order valence-corrected chi connectivity index (χ3v) is 2.80. The second-order valence-corrected chi connectivity index (χ2v) is 4.35. The first-order chi connectivity index (χ1) is 8.15. The van der Waals surface area contributed by atoms with Crippen molar-refractivity contribution in [3.05, 3.63) is 34.6 Å². The number of nitrogens with one attached hydrogen (secondary N) is 1. The van der Waals surface area contributed by atoms with E-state index in [9.17, 15) is 9.18 Å². The van der Waals surface area contributed by atoms with Crippen LogP contribution in [0.5, 0.6) is 0 Å². The Kier molecular flexibility index (Phi) is 5.98. The van der Waals surface area contributed by atoms with Gasteiger partial charge in [0.05, 0.1) is 10.6 Å². The zero-order valence-electron chi connectivity index (χ0n) is 9.93. The zero-order chi connectivity index (χ0) is 12.7. The van der Waals surface area contributed by atoms with E-state index in [1.807, 2.05) is 0 Å². The highest BCUT2D eigenvalue weighted by molar-refractivity contribution is 6.33. The van der Waals surface area contributed by atoms with Crippen LogP contribution in [-0.2, 0) is 0 Å². The van der Waals surface area contributed by atoms with Gasteiger partial charge in [0, 0.05) is 6.54 Å². The van der Waals surface area contributed by atoms with Crippen LogP contribution in [0.2, 0.25) is 5.02 Å². The number of carbonyl (C=O) groups excluding carboxylic acids is 1. The molecule has 0 aliphatic rings. The molecule has 0 atom stereocenters. The maximum absolute atomic E-state index is 12.8. The minimum Gasteiger partial charge on any atom is -0.352 e. The molecule has 0 aliphatic carbocycles. The first-order valence-electron chi connectivity index (χ1n) is 5.88. The van der Waals surface area contributed by atoms with E-state index in [1.54, 1.807) is 0 Å². The minimum atomic E-state index is -0.436. The van der Waals surface area contributed by atoms with E-state index < -0.39 is 5.82 Å². The second-order valence-electron chi connectivity index (χ2n) is 3.94. The van der Waals surface area contributed by atoms with Crippen LogP contribution >= 0.6 is 11.6 Å². The first-order valence-corrected chi connectivity index (χ1v) is 6.26. The molecule has 4 heteroatoms. The van der Waals surface area contributed by atoms with Gasteiger partial charge in [0.15, 0.2) is 0 Å². The van der Waals surface area contributed by atoms with Crippen LogP contribution < -0.4 is 5.32 Å². The summed E-state index contributed by atoms with van der Waals surface area (Å²) in [6, 6.07) is 3.78. The molecular formula is C13H17ClFNO. The topological polar surface area (TPSA) is 29.1 Å². The van der Waals surface area contributed by atoms with Crippen LogP contribution in [0, 0.1) is 5.82 Å². The standard InChI is InChI=1S/C13H17ClFNO/c1-2-3-4-5-8-16-13(17)11-7-6-10(15)9-12(11)14/h6-7,9H,2-5,8H2,1H3,(H,16,17). The van der Waals surface area contributed by atoms with Gasteiger partial charge in [0.2, 0.25) is 0 Å². The molecule has 0 aromatic heterocycles. The number of halogens is 2. The predicted octanol–water partition coefficient (Wildman–Crippen LogP) is 3.79. The fourth-order valence-corrected chi connectivity index (χ4v) is 1.78. The highest BCUT2D eigenvalue weighted by atomic mass is 35.5. The average Bonchev–Trinajstić information content (AvgIpc) is 2.28. The molecule has 0 fully saturated rings. The van der Waals surface area contributed by atoms with Crippen LogP contribution in [0.4, 0.5) is 4.39 Å². The van der Waals surface area contributed by atoms with E-state index in [2.05, 4.69) is 12.2 Å². The predicted molar refractivity (Wildman–Crippen MR) is 67.9 cm³/mol. The summed E-state index contributed by atoms with van der Waals surface area (Å²) in [5.41, 5.74) is 0.323. The summed E-state index contributed by atoms with van der Waals surface area (Å²) in [7, 11) is 0. The number of hydrogen-bond acceptors (Lipinski definition) is 1. The van der Waals surface area contributed by atoms with Crippen molar-refractivity contribution in [1.29, 1.82) is 0 Å². The summed E-state index contributed by atoms with van der Waals surface area (Å²) in [5, 5.41) is 2.92. The molecule has 1 aromatic rings. The zero-order valence-corrected chi connectivity index (χ0v) is 10.7. The van der Waals surface area contributed by atoms with Crippen molar-refractivity contribution in [2.45, 2.75) is 32.6 Å². The summed E-state index contributed by atoms with van der Waals surface area (Å²) in [5.74, 6) is -0.680. The molecule has 0 saturated heterocycles. The van der Waals surface area contributed by atoms with E-state index >= 15 is 0 Å². The molecule has 0 radical (unpaired) electrons. The summed E-state index contributed by atoms with van der Waals surface area (Å²) in [4.78, 5) is 11.7. The van der Waals surface area contributed by atoms with Crippen LogP contribution in [0.3, 0.4) is 0 Å². The highest BCUT2D eigenvalue weighted by Gasteiger charge is 2.09. The van der Waals surface area contributed by atoms with Crippen molar-refractivity contribution >= 4 is 17.5 Å². The maximum atomic E-state index is 12.8. The Balaban J connectivity index is 2.42. The third kappa shape index (κ3) is 4.73. The van der Waals surface area contributed by atoms with E-state index in [0.29, 0.717) is 12.1 Å². The Labute approximate surface area is 106 Å².